The summed E-state index contributed by atoms with van der Waals surface area (Å²) in [4.78, 5) is 22.5. The molecule has 4 nitrogen and oxygen atoms in total. The summed E-state index contributed by atoms with van der Waals surface area (Å²) in [5.41, 5.74) is 5.29. The molecule has 1 atom stereocenters. The van der Waals surface area contributed by atoms with Crippen molar-refractivity contribution in [3.8, 4) is 0 Å². The number of nitrogens with two attached hydrogens (primary N) is 1. The maximum atomic E-state index is 11.9. The Labute approximate surface area is 102 Å². The van der Waals surface area contributed by atoms with Crippen LogP contribution in [0.25, 0.3) is 0 Å². The van der Waals surface area contributed by atoms with E-state index in [9.17, 15) is 9.59 Å². The molecule has 2 saturated carbocycles. The van der Waals surface area contributed by atoms with Crippen molar-refractivity contribution in [1.29, 1.82) is 0 Å². The van der Waals surface area contributed by atoms with Crippen molar-refractivity contribution in [2.24, 2.45) is 17.1 Å². The maximum absolute atomic E-state index is 11.9. The minimum atomic E-state index is -0.467. The Morgan fingerprint density at radius 1 is 1.12 bits per heavy atom. The average molecular weight is 238 g/mol. The fourth-order valence-corrected chi connectivity index (χ4v) is 3.18. The molecule has 0 radical (unpaired) electrons. The van der Waals surface area contributed by atoms with E-state index in [0.29, 0.717) is 0 Å². The Morgan fingerprint density at radius 3 is 2.29 bits per heavy atom. The zero-order chi connectivity index (χ0) is 12.3. The van der Waals surface area contributed by atoms with Crippen LogP contribution >= 0.6 is 0 Å². The van der Waals surface area contributed by atoms with E-state index in [1.807, 2.05) is 0 Å². The van der Waals surface area contributed by atoms with Gasteiger partial charge in [-0.2, -0.15) is 0 Å². The predicted octanol–water partition coefficient (Wildman–Crippen LogP) is 1.34. The van der Waals surface area contributed by atoms with Crippen molar-refractivity contribution in [2.45, 2.75) is 51.4 Å². The molecule has 0 heterocycles. The molecule has 96 valence electrons. The molecule has 0 bridgehead atoms. The lowest BCUT2D eigenvalue weighted by molar-refractivity contribution is -0.126. The lowest BCUT2D eigenvalue weighted by Gasteiger charge is -2.19. The Kier molecular flexibility index (Phi) is 3.69. The summed E-state index contributed by atoms with van der Waals surface area (Å²) in [5.74, 6) is -0.296. The smallest absolute Gasteiger partial charge is 0.236 e. The van der Waals surface area contributed by atoms with Crippen molar-refractivity contribution in [1.82, 2.24) is 5.32 Å². The summed E-state index contributed by atoms with van der Waals surface area (Å²) >= 11 is 0. The molecule has 2 fully saturated rings. The molecule has 2 aliphatic carbocycles. The van der Waals surface area contributed by atoms with E-state index in [1.165, 1.54) is 44.9 Å². The quantitative estimate of drug-likeness (QED) is 0.778. The first-order valence-corrected chi connectivity index (χ1v) is 6.70. The van der Waals surface area contributed by atoms with E-state index in [2.05, 4.69) is 5.32 Å². The van der Waals surface area contributed by atoms with Crippen LogP contribution in [0, 0.1) is 11.3 Å². The zero-order valence-electron chi connectivity index (χ0n) is 10.3. The van der Waals surface area contributed by atoms with Gasteiger partial charge in [-0.15, -0.1) is 0 Å². The Morgan fingerprint density at radius 2 is 1.71 bits per heavy atom. The average Bonchev–Trinajstić information content (AvgIpc) is 2.96. The summed E-state index contributed by atoms with van der Waals surface area (Å²) in [7, 11) is 0. The van der Waals surface area contributed by atoms with Crippen LogP contribution in [0.5, 0.6) is 0 Å². The molecule has 1 spiro atoms. The van der Waals surface area contributed by atoms with Gasteiger partial charge < -0.3 is 11.1 Å². The predicted molar refractivity (Wildman–Crippen MR) is 65.1 cm³/mol. The third kappa shape index (κ3) is 2.99. The third-order valence-corrected chi connectivity index (χ3v) is 4.29. The molecule has 0 aromatic rings. The summed E-state index contributed by atoms with van der Waals surface area (Å²) < 4.78 is 0. The van der Waals surface area contributed by atoms with E-state index in [1.54, 1.807) is 0 Å². The highest BCUT2D eigenvalue weighted by atomic mass is 16.2. The lowest BCUT2D eigenvalue weighted by atomic mass is 9.86. The molecule has 3 N–H and O–H groups in total. The van der Waals surface area contributed by atoms with Gasteiger partial charge in [0.25, 0.3) is 0 Å². The van der Waals surface area contributed by atoms with Gasteiger partial charge in [0.2, 0.25) is 11.8 Å². The van der Waals surface area contributed by atoms with Gasteiger partial charge in [-0.25, -0.2) is 0 Å². The summed E-state index contributed by atoms with van der Waals surface area (Å²) in [6, 6.07) is 0. The van der Waals surface area contributed by atoms with E-state index >= 15 is 0 Å². The minimum absolute atomic E-state index is 0.0224. The normalized spacial score (nSPS) is 26.9. The molecule has 2 amide bonds. The standard InChI is InChI=1S/C13H22N2O2/c14-11(16)9-15-12(17)10-8-13(10)6-4-2-1-3-5-7-13/h10H,1-9H2,(H2,14,16)(H,15,17). The first-order chi connectivity index (χ1) is 8.14. The summed E-state index contributed by atoms with van der Waals surface area (Å²) in [5, 5.41) is 2.64. The maximum Gasteiger partial charge on any atom is 0.236 e. The molecular weight excluding hydrogens is 216 g/mol. The molecule has 0 aliphatic heterocycles. The molecule has 0 aromatic heterocycles. The van der Waals surface area contributed by atoms with Crippen molar-refractivity contribution in [2.75, 3.05) is 6.54 Å². The topological polar surface area (TPSA) is 72.2 Å². The Bertz CT molecular complexity index is 307. The highest BCUT2D eigenvalue weighted by molar-refractivity contribution is 5.87. The highest BCUT2D eigenvalue weighted by Crippen LogP contribution is 2.60. The van der Waals surface area contributed by atoms with Crippen LogP contribution in [0.1, 0.15) is 51.4 Å². The second-order valence-electron chi connectivity index (χ2n) is 5.57. The van der Waals surface area contributed by atoms with Crippen LogP contribution < -0.4 is 11.1 Å². The molecule has 0 saturated heterocycles. The van der Waals surface area contributed by atoms with Crippen LogP contribution in [-0.4, -0.2) is 18.4 Å². The minimum Gasteiger partial charge on any atom is -0.368 e. The van der Waals surface area contributed by atoms with Crippen LogP contribution in [0.15, 0.2) is 0 Å². The van der Waals surface area contributed by atoms with E-state index < -0.39 is 5.91 Å². The van der Waals surface area contributed by atoms with Crippen molar-refractivity contribution < 1.29 is 9.59 Å². The van der Waals surface area contributed by atoms with Crippen LogP contribution in [0.2, 0.25) is 0 Å². The van der Waals surface area contributed by atoms with Gasteiger partial charge in [0.1, 0.15) is 0 Å². The summed E-state index contributed by atoms with van der Waals surface area (Å²) in [6.45, 7) is -0.0224. The number of hydrogen-bond donors (Lipinski definition) is 2. The number of hydrogen-bond acceptors (Lipinski definition) is 2. The Hall–Kier alpha value is -1.06. The zero-order valence-corrected chi connectivity index (χ0v) is 10.3. The number of carbonyl (C=O) groups excluding carboxylic acids is 2. The molecule has 0 aromatic carbocycles. The highest BCUT2D eigenvalue weighted by Gasteiger charge is 2.56. The molecular formula is C13H22N2O2. The van der Waals surface area contributed by atoms with E-state index in [0.717, 1.165) is 6.42 Å². The van der Waals surface area contributed by atoms with Crippen molar-refractivity contribution in [3.05, 3.63) is 0 Å². The van der Waals surface area contributed by atoms with E-state index in [-0.39, 0.29) is 23.8 Å². The molecule has 2 aliphatic rings. The number of primary amides is 1. The van der Waals surface area contributed by atoms with Crippen molar-refractivity contribution in [3.63, 3.8) is 0 Å². The number of amides is 2. The summed E-state index contributed by atoms with van der Waals surface area (Å²) in [6.07, 6.45) is 9.82. The first-order valence-electron chi connectivity index (χ1n) is 6.70. The van der Waals surface area contributed by atoms with Gasteiger partial charge in [-0.3, -0.25) is 9.59 Å². The Balaban J connectivity index is 1.83. The molecule has 1 unspecified atom stereocenters. The van der Waals surface area contributed by atoms with Gasteiger partial charge >= 0.3 is 0 Å². The van der Waals surface area contributed by atoms with E-state index in [4.69, 9.17) is 5.73 Å². The SMILES string of the molecule is NC(=O)CNC(=O)C1CC12CCCCCCC2. The van der Waals surface area contributed by atoms with Crippen molar-refractivity contribution >= 4 is 11.8 Å². The van der Waals surface area contributed by atoms with Gasteiger partial charge in [0, 0.05) is 5.92 Å². The second kappa shape index (κ2) is 5.07. The largest absolute Gasteiger partial charge is 0.368 e. The fourth-order valence-electron chi connectivity index (χ4n) is 3.18. The van der Waals surface area contributed by atoms with Gasteiger partial charge in [0.05, 0.1) is 6.54 Å². The van der Waals surface area contributed by atoms with Crippen LogP contribution in [0.4, 0.5) is 0 Å². The monoisotopic (exact) mass is 238 g/mol. The fraction of sp³-hybridized carbons (Fsp3) is 0.846. The first kappa shape index (κ1) is 12.4. The number of nitrogens with one attached hydrogen (secondary N) is 1. The number of carbonyl (C=O) groups is 2. The third-order valence-electron chi connectivity index (χ3n) is 4.29. The van der Waals surface area contributed by atoms with Crippen LogP contribution in [0.3, 0.4) is 0 Å². The molecule has 4 heteroatoms. The van der Waals surface area contributed by atoms with Gasteiger partial charge in [-0.1, -0.05) is 32.1 Å². The second-order valence-corrected chi connectivity index (χ2v) is 5.57. The number of rotatable bonds is 3. The van der Waals surface area contributed by atoms with Gasteiger partial charge in [0.15, 0.2) is 0 Å². The van der Waals surface area contributed by atoms with Gasteiger partial charge in [-0.05, 0) is 24.7 Å². The van der Waals surface area contributed by atoms with Crippen LogP contribution in [-0.2, 0) is 9.59 Å². The molecule has 17 heavy (non-hydrogen) atoms. The lowest BCUT2D eigenvalue weighted by Crippen LogP contribution is -2.35. The molecule has 2 rings (SSSR count).